The van der Waals surface area contributed by atoms with Crippen LogP contribution in [0.1, 0.15) is 24.8 Å². The molecule has 1 saturated heterocycles. The normalized spacial score (nSPS) is 14.5. The van der Waals surface area contributed by atoms with E-state index in [1.165, 1.54) is 23.9 Å². The van der Waals surface area contributed by atoms with Gasteiger partial charge in [0.2, 0.25) is 0 Å². The zero-order valence-electron chi connectivity index (χ0n) is 14.2. The molecule has 0 radical (unpaired) electrons. The molecule has 3 rings (SSSR count). The Bertz CT molecular complexity index is 729. The number of nitrogens with zero attached hydrogens (tertiary/aromatic N) is 3. The quantitative estimate of drug-likeness (QED) is 0.842. The minimum Gasteiger partial charge on any atom is -0.497 e. The second-order valence-corrected chi connectivity index (χ2v) is 5.98. The molecule has 1 aliphatic heterocycles. The first kappa shape index (κ1) is 16.4. The van der Waals surface area contributed by atoms with Crippen LogP contribution < -0.4 is 19.9 Å². The van der Waals surface area contributed by atoms with Gasteiger partial charge in [0.25, 0.3) is 5.56 Å². The van der Waals surface area contributed by atoms with Gasteiger partial charge in [-0.1, -0.05) is 0 Å². The smallest absolute Gasteiger partial charge is 0.269 e. The topological polar surface area (TPSA) is 56.6 Å². The highest BCUT2D eigenvalue weighted by Gasteiger charge is 2.13. The number of benzene rings is 1. The van der Waals surface area contributed by atoms with Crippen molar-refractivity contribution in [3.63, 3.8) is 0 Å². The Hall–Kier alpha value is -2.50. The zero-order chi connectivity index (χ0) is 16.9. The second kappa shape index (κ2) is 7.38. The SMILES string of the molecule is COc1cc(Cn2ncc(N3CCCCC3)cc2=O)cc(OC)c1. The Kier molecular flexibility index (Phi) is 5.03. The number of piperidine rings is 1. The van der Waals surface area contributed by atoms with Gasteiger partial charge in [-0.05, 0) is 37.0 Å². The zero-order valence-corrected chi connectivity index (χ0v) is 14.2. The first-order chi connectivity index (χ1) is 11.7. The number of aromatic nitrogens is 2. The fourth-order valence-electron chi connectivity index (χ4n) is 3.00. The van der Waals surface area contributed by atoms with Crippen LogP contribution in [-0.2, 0) is 6.54 Å². The lowest BCUT2D eigenvalue weighted by atomic mass is 10.1. The van der Waals surface area contributed by atoms with Gasteiger partial charge in [0, 0.05) is 25.2 Å². The van der Waals surface area contributed by atoms with Gasteiger partial charge in [0.1, 0.15) is 11.5 Å². The molecule has 1 aliphatic rings. The van der Waals surface area contributed by atoms with Gasteiger partial charge in [-0.25, -0.2) is 4.68 Å². The molecule has 0 atom stereocenters. The maximum Gasteiger partial charge on any atom is 0.269 e. The van der Waals surface area contributed by atoms with E-state index in [-0.39, 0.29) is 5.56 Å². The van der Waals surface area contributed by atoms with E-state index < -0.39 is 0 Å². The van der Waals surface area contributed by atoms with Gasteiger partial charge in [-0.15, -0.1) is 0 Å². The van der Waals surface area contributed by atoms with Crippen LogP contribution in [0, 0.1) is 0 Å². The fraction of sp³-hybridized carbons (Fsp3) is 0.444. The Labute approximate surface area is 141 Å². The van der Waals surface area contributed by atoms with Gasteiger partial charge in [-0.3, -0.25) is 4.79 Å². The average Bonchev–Trinajstić information content (AvgIpc) is 2.63. The molecule has 0 saturated carbocycles. The van der Waals surface area contributed by atoms with Crippen LogP contribution in [0.5, 0.6) is 11.5 Å². The van der Waals surface area contributed by atoms with Crippen molar-refractivity contribution in [3.05, 3.63) is 46.4 Å². The molecule has 128 valence electrons. The van der Waals surface area contributed by atoms with Gasteiger partial charge in [-0.2, -0.15) is 5.10 Å². The highest BCUT2D eigenvalue weighted by atomic mass is 16.5. The summed E-state index contributed by atoms with van der Waals surface area (Å²) in [5.41, 5.74) is 1.73. The van der Waals surface area contributed by atoms with Crippen LogP contribution in [0.2, 0.25) is 0 Å². The Morgan fingerprint density at radius 1 is 1.00 bits per heavy atom. The number of hydrogen-bond acceptors (Lipinski definition) is 5. The highest BCUT2D eigenvalue weighted by molar-refractivity contribution is 5.43. The largest absolute Gasteiger partial charge is 0.497 e. The molecule has 0 aliphatic carbocycles. The third kappa shape index (κ3) is 3.69. The van der Waals surface area contributed by atoms with Crippen LogP contribution >= 0.6 is 0 Å². The maximum atomic E-state index is 12.4. The summed E-state index contributed by atoms with van der Waals surface area (Å²) in [6, 6.07) is 7.25. The van der Waals surface area contributed by atoms with Crippen molar-refractivity contribution in [2.45, 2.75) is 25.8 Å². The maximum absolute atomic E-state index is 12.4. The standard InChI is InChI=1S/C18H23N3O3/c1-23-16-8-14(9-17(11-16)24-2)13-21-18(22)10-15(12-19-21)20-6-4-3-5-7-20/h8-12H,3-7,13H2,1-2H3. The van der Waals surface area contributed by atoms with E-state index in [0.717, 1.165) is 24.3 Å². The minimum atomic E-state index is -0.0974. The van der Waals surface area contributed by atoms with Crippen molar-refractivity contribution in [3.8, 4) is 11.5 Å². The molecule has 1 aromatic carbocycles. The van der Waals surface area contributed by atoms with E-state index in [4.69, 9.17) is 9.47 Å². The summed E-state index contributed by atoms with van der Waals surface area (Å²) >= 11 is 0. The lowest BCUT2D eigenvalue weighted by molar-refractivity contribution is 0.393. The second-order valence-electron chi connectivity index (χ2n) is 5.98. The molecule has 0 unspecified atom stereocenters. The lowest BCUT2D eigenvalue weighted by Gasteiger charge is -2.28. The molecule has 2 heterocycles. The van der Waals surface area contributed by atoms with Gasteiger partial charge in [0.15, 0.2) is 0 Å². The molecule has 2 aromatic rings. The van der Waals surface area contributed by atoms with Crippen molar-refractivity contribution in [1.82, 2.24) is 9.78 Å². The van der Waals surface area contributed by atoms with Crippen LogP contribution in [0.4, 0.5) is 5.69 Å². The Morgan fingerprint density at radius 2 is 1.67 bits per heavy atom. The summed E-state index contributed by atoms with van der Waals surface area (Å²) < 4.78 is 12.0. The first-order valence-corrected chi connectivity index (χ1v) is 8.23. The van der Waals surface area contributed by atoms with Crippen LogP contribution in [0.3, 0.4) is 0 Å². The van der Waals surface area contributed by atoms with Crippen LogP contribution in [-0.4, -0.2) is 37.1 Å². The number of methoxy groups -OCH3 is 2. The molecule has 1 fully saturated rings. The number of rotatable bonds is 5. The summed E-state index contributed by atoms with van der Waals surface area (Å²) in [6.45, 7) is 2.38. The van der Waals surface area contributed by atoms with Gasteiger partial charge < -0.3 is 14.4 Å². The number of anilines is 1. The average molecular weight is 329 g/mol. The molecule has 0 amide bonds. The third-order valence-electron chi connectivity index (χ3n) is 4.32. The number of ether oxygens (including phenoxy) is 2. The molecule has 1 aromatic heterocycles. The molecule has 24 heavy (non-hydrogen) atoms. The molecule has 0 bridgehead atoms. The summed E-state index contributed by atoms with van der Waals surface area (Å²) in [6.07, 6.45) is 5.39. The summed E-state index contributed by atoms with van der Waals surface area (Å²) in [4.78, 5) is 14.6. The summed E-state index contributed by atoms with van der Waals surface area (Å²) in [7, 11) is 3.22. The van der Waals surface area contributed by atoms with Crippen molar-refractivity contribution in [2.75, 3.05) is 32.2 Å². The van der Waals surface area contributed by atoms with E-state index in [1.807, 2.05) is 12.1 Å². The van der Waals surface area contributed by atoms with Crippen molar-refractivity contribution < 1.29 is 9.47 Å². The highest BCUT2D eigenvalue weighted by Crippen LogP contribution is 2.23. The van der Waals surface area contributed by atoms with Crippen LogP contribution in [0.25, 0.3) is 0 Å². The Balaban J connectivity index is 1.81. The summed E-state index contributed by atoms with van der Waals surface area (Å²) in [5.74, 6) is 1.39. The van der Waals surface area contributed by atoms with Crippen molar-refractivity contribution in [1.29, 1.82) is 0 Å². The molecular formula is C18H23N3O3. The molecule has 0 spiro atoms. The summed E-state index contributed by atoms with van der Waals surface area (Å²) in [5, 5.41) is 4.34. The Morgan fingerprint density at radius 3 is 2.25 bits per heavy atom. The van der Waals surface area contributed by atoms with Crippen molar-refractivity contribution >= 4 is 5.69 Å². The molecule has 6 heteroatoms. The molecule has 0 N–H and O–H groups in total. The molecular weight excluding hydrogens is 306 g/mol. The lowest BCUT2D eigenvalue weighted by Crippen LogP contribution is -2.32. The van der Waals surface area contributed by atoms with Gasteiger partial charge in [0.05, 0.1) is 32.6 Å². The monoisotopic (exact) mass is 329 g/mol. The van der Waals surface area contributed by atoms with E-state index in [0.29, 0.717) is 18.0 Å². The van der Waals surface area contributed by atoms with Gasteiger partial charge >= 0.3 is 0 Å². The van der Waals surface area contributed by atoms with E-state index in [9.17, 15) is 4.79 Å². The molecule has 6 nitrogen and oxygen atoms in total. The fourth-order valence-corrected chi connectivity index (χ4v) is 3.00. The van der Waals surface area contributed by atoms with E-state index in [2.05, 4.69) is 10.00 Å². The first-order valence-electron chi connectivity index (χ1n) is 8.23. The van der Waals surface area contributed by atoms with E-state index in [1.54, 1.807) is 32.5 Å². The minimum absolute atomic E-state index is 0.0974. The van der Waals surface area contributed by atoms with Crippen LogP contribution in [0.15, 0.2) is 35.3 Å². The van der Waals surface area contributed by atoms with E-state index >= 15 is 0 Å². The predicted octanol–water partition coefficient (Wildman–Crippen LogP) is 2.30. The predicted molar refractivity (Wildman–Crippen MR) is 93.2 cm³/mol. The third-order valence-corrected chi connectivity index (χ3v) is 4.32. The van der Waals surface area contributed by atoms with Crippen molar-refractivity contribution in [2.24, 2.45) is 0 Å². The number of hydrogen-bond donors (Lipinski definition) is 0.